The highest BCUT2D eigenvalue weighted by Crippen LogP contribution is 2.47. The van der Waals surface area contributed by atoms with Gasteiger partial charge in [-0.1, -0.05) is 23.5 Å². The van der Waals surface area contributed by atoms with E-state index in [9.17, 15) is 72.2 Å². The lowest BCUT2D eigenvalue weighted by Crippen LogP contribution is -2.08. The number of carbonyl (C=O) groups is 1. The number of aromatic hydroxyl groups is 2. The first-order chi connectivity index (χ1) is 34.7. The number of nitriles is 1. The van der Waals surface area contributed by atoms with E-state index in [4.69, 9.17) is 4.74 Å². The molecule has 0 fully saturated rings. The van der Waals surface area contributed by atoms with Crippen LogP contribution in [0.1, 0.15) is 33.5 Å². The van der Waals surface area contributed by atoms with Gasteiger partial charge in [0.05, 0.1) is 39.3 Å². The average molecular weight is 1130 g/mol. The Bertz CT molecular complexity index is 4340. The van der Waals surface area contributed by atoms with Crippen molar-refractivity contribution in [1.29, 1.82) is 5.26 Å². The highest BCUT2D eigenvalue weighted by molar-refractivity contribution is 7.87. The molecule has 0 aliphatic carbocycles. The molecule has 0 saturated heterocycles. The number of hydrogen-bond donors (Lipinski definition) is 7. The molecule has 0 aliphatic rings. The third kappa shape index (κ3) is 10.4. The number of azo groups is 3. The predicted molar refractivity (Wildman–Crippen MR) is 263 cm³/mol. The van der Waals surface area contributed by atoms with Gasteiger partial charge in [0, 0.05) is 35.3 Å². The molecule has 0 bridgehead atoms. The summed E-state index contributed by atoms with van der Waals surface area (Å²) in [6.07, 6.45) is -0.292. The molecule has 27 nitrogen and oxygen atoms in total. The van der Waals surface area contributed by atoms with E-state index in [1.165, 1.54) is 36.4 Å². The fourth-order valence-corrected chi connectivity index (χ4v) is 11.0. The zero-order chi connectivity index (χ0) is 53.8. The lowest BCUT2D eigenvalue weighted by Gasteiger charge is -2.13. The molecule has 3 aromatic heterocycles. The molecule has 0 atom stereocenters. The number of aryl methyl sites for hydroxylation is 1. The molecule has 0 unspecified atom stereocenters. The molecule has 8 rings (SSSR count). The van der Waals surface area contributed by atoms with Crippen molar-refractivity contribution in [2.24, 2.45) is 30.7 Å². The van der Waals surface area contributed by atoms with E-state index in [2.05, 4.69) is 57.7 Å². The normalized spacial score (nSPS) is 12.8. The summed E-state index contributed by atoms with van der Waals surface area (Å²) in [5, 5.41) is 55.5. The summed E-state index contributed by atoms with van der Waals surface area (Å²) in [5.74, 6) is -3.75. The number of benzene rings is 5. The topological polar surface area (TPSA) is 422 Å². The first-order valence-electron chi connectivity index (χ1n) is 20.3. The van der Waals surface area contributed by atoms with Gasteiger partial charge in [0.2, 0.25) is 11.0 Å². The van der Waals surface area contributed by atoms with Crippen molar-refractivity contribution in [3.63, 3.8) is 0 Å². The number of phenols is 1. The predicted octanol–water partition coefficient (Wildman–Crippen LogP) is 8.79. The van der Waals surface area contributed by atoms with Crippen LogP contribution in [-0.2, 0) is 44.7 Å². The maximum absolute atomic E-state index is 13.1. The van der Waals surface area contributed by atoms with Crippen LogP contribution < -0.4 is 4.74 Å². The number of fused-ring (bicyclic) bond motifs is 5. The Labute approximate surface area is 425 Å². The van der Waals surface area contributed by atoms with Gasteiger partial charge in [-0.05, 0) is 74.4 Å². The van der Waals surface area contributed by atoms with Crippen LogP contribution >= 0.6 is 24.2 Å². The molecule has 0 saturated carbocycles. The Balaban J connectivity index is 1.22. The van der Waals surface area contributed by atoms with Crippen LogP contribution in [0.3, 0.4) is 0 Å². The van der Waals surface area contributed by atoms with E-state index in [1.54, 1.807) is 24.3 Å². The quantitative estimate of drug-likeness (QED) is 0.0166. The number of pyridine rings is 1. The molecule has 0 spiro atoms. The molecule has 8 aromatic rings. The van der Waals surface area contributed by atoms with Gasteiger partial charge >= 0.3 is 5.97 Å². The molecule has 0 radical (unpaired) electrons. The molecule has 74 heavy (non-hydrogen) atoms. The number of aromatic nitrogens is 3. The van der Waals surface area contributed by atoms with Crippen LogP contribution in [0.15, 0.2) is 112 Å². The molecule has 0 aliphatic heterocycles. The minimum atomic E-state index is -5.49. The fraction of sp³-hybridized carbons (Fsp3) is 0.122. The Kier molecular flexibility index (Phi) is 14.0. The Morgan fingerprint density at radius 3 is 2.11 bits per heavy atom. The Hall–Kier alpha value is -7.65. The van der Waals surface area contributed by atoms with E-state index < -0.39 is 107 Å². The van der Waals surface area contributed by atoms with Gasteiger partial charge in [-0.3, -0.25) is 22.6 Å². The molecule has 33 heteroatoms. The third-order valence-electron chi connectivity index (χ3n) is 10.6. The summed E-state index contributed by atoms with van der Waals surface area (Å²) in [6, 6.07) is 15.5. The summed E-state index contributed by atoms with van der Waals surface area (Å²) >= 11 is 4.17. The summed E-state index contributed by atoms with van der Waals surface area (Å²) in [4.78, 5) is 17.5. The van der Waals surface area contributed by atoms with Crippen molar-refractivity contribution in [2.75, 3.05) is 12.4 Å². The SMILES string of the molecule is Cc1cc(N=Nc2c(S(=O)(=O)O)cc3c(S(=O)(=O)O)c(N=Nc4c(C)c(C#N)c5nc6ccccc6n5c4O)ccc3c2O)c(OCCCS(=O)(=O)O)cc1N=Nc1nc2c(S(=O)(=O)O)cc(C(=O)OS)cc2s1. The summed E-state index contributed by atoms with van der Waals surface area (Å²) in [7, 11) is -20.3. The maximum Gasteiger partial charge on any atom is 0.350 e. The number of thiol groups is 1. The number of hydrogen-bond acceptors (Lipinski definition) is 24. The van der Waals surface area contributed by atoms with E-state index in [1.807, 2.05) is 6.07 Å². The van der Waals surface area contributed by atoms with Crippen molar-refractivity contribution in [2.45, 2.75) is 35.0 Å². The van der Waals surface area contributed by atoms with Crippen molar-refractivity contribution in [3.05, 3.63) is 89.0 Å². The van der Waals surface area contributed by atoms with Crippen LogP contribution in [0, 0.1) is 25.2 Å². The van der Waals surface area contributed by atoms with Crippen LogP contribution in [0.25, 0.3) is 37.7 Å². The van der Waals surface area contributed by atoms with Gasteiger partial charge in [-0.2, -0.15) is 38.9 Å². The van der Waals surface area contributed by atoms with Gasteiger partial charge in [0.1, 0.15) is 54.6 Å². The second kappa shape index (κ2) is 19.7. The van der Waals surface area contributed by atoms with Crippen molar-refractivity contribution in [3.8, 4) is 23.4 Å². The second-order valence-corrected chi connectivity index (χ2v) is 22.3. The highest BCUT2D eigenvalue weighted by atomic mass is 32.2. The number of imidazole rings is 1. The standard InChI is InChI=1S/C41H30N10O17S6/c1-18-12-27(29(67-10-5-11-71(55,56)57)16-26(18)46-50-41-44-34-30(70-41)13-20(40(54)68-69)14-31(34)72(58,59)60)47-49-35-32(73(61,62)63)15-22-21(36(35)52)8-9-25(37(22)74(64,65)66)45-48-33-19(2)23(17-42)38-43-24-6-3-4-7-28(24)51(38)39(33)53/h3-4,6-9,12-16,52-53,69H,5,10-11H2,1-2H3,(H,55,56,57)(H,58,59,60)(H,61,62,63)(H,64,65,66). The first-order valence-corrected chi connectivity index (χ1v) is 27.4. The Morgan fingerprint density at radius 1 is 0.770 bits per heavy atom. The number of ether oxygens (including phenoxy) is 1. The van der Waals surface area contributed by atoms with E-state index in [-0.39, 0.29) is 72.5 Å². The number of nitrogens with zero attached hydrogens (tertiary/aromatic N) is 10. The summed E-state index contributed by atoms with van der Waals surface area (Å²) < 4.78 is 151. The zero-order valence-electron chi connectivity index (χ0n) is 37.1. The highest BCUT2D eigenvalue weighted by Gasteiger charge is 2.29. The zero-order valence-corrected chi connectivity index (χ0v) is 42.1. The van der Waals surface area contributed by atoms with Crippen LogP contribution in [0.2, 0.25) is 0 Å². The Morgan fingerprint density at radius 2 is 1.45 bits per heavy atom. The van der Waals surface area contributed by atoms with E-state index in [0.717, 1.165) is 29.5 Å². The maximum atomic E-state index is 13.1. The van der Waals surface area contributed by atoms with E-state index in [0.29, 0.717) is 17.1 Å². The number of rotatable bonds is 15. The van der Waals surface area contributed by atoms with Gasteiger partial charge in [0.15, 0.2) is 17.1 Å². The lowest BCUT2D eigenvalue weighted by atomic mass is 10.1. The average Bonchev–Trinajstić information content (AvgIpc) is 3.92. The number of phenolic OH excluding ortho intramolecular Hbond substituents is 1. The lowest BCUT2D eigenvalue weighted by molar-refractivity contribution is 0.0772. The van der Waals surface area contributed by atoms with Crippen LogP contribution in [0.4, 0.5) is 33.6 Å². The van der Waals surface area contributed by atoms with Crippen molar-refractivity contribution < 1.29 is 75.8 Å². The third-order valence-corrected chi connectivity index (χ3v) is 15.2. The minimum absolute atomic E-state index is 0.00754. The molecular weight excluding hydrogens is 1100 g/mol. The van der Waals surface area contributed by atoms with Crippen LogP contribution in [-0.4, -0.2) is 94.8 Å². The number of carbonyl (C=O) groups excluding carboxylic acids is 1. The van der Waals surface area contributed by atoms with Crippen molar-refractivity contribution >= 4 is 142 Å². The number of para-hydroxylation sites is 2. The van der Waals surface area contributed by atoms with Crippen LogP contribution in [0.5, 0.6) is 17.4 Å². The summed E-state index contributed by atoms with van der Waals surface area (Å²) in [6.45, 7) is 2.45. The summed E-state index contributed by atoms with van der Waals surface area (Å²) in [5.41, 5.74) is -1.75. The van der Waals surface area contributed by atoms with Gasteiger partial charge in [-0.15, -0.1) is 30.7 Å². The molecule has 382 valence electrons. The molecule has 6 N–H and O–H groups in total. The smallest absolute Gasteiger partial charge is 0.350 e. The monoisotopic (exact) mass is 1130 g/mol. The number of thiazole rings is 1. The second-order valence-electron chi connectivity index (χ2n) is 15.4. The fourth-order valence-electron chi connectivity index (χ4n) is 7.33. The molecule has 5 aromatic carbocycles. The molecular formula is C41H30N10O17S6. The van der Waals surface area contributed by atoms with Gasteiger partial charge in [-0.25, -0.2) is 14.8 Å². The van der Waals surface area contributed by atoms with Gasteiger partial charge in [0.25, 0.3) is 40.5 Å². The largest absolute Gasteiger partial charge is 0.505 e. The minimum Gasteiger partial charge on any atom is -0.505 e. The molecule has 0 amide bonds. The molecule has 3 heterocycles. The van der Waals surface area contributed by atoms with E-state index >= 15 is 0 Å². The van der Waals surface area contributed by atoms with Gasteiger partial charge < -0.3 is 19.1 Å². The van der Waals surface area contributed by atoms with Crippen molar-refractivity contribution in [1.82, 2.24) is 14.4 Å². The first kappa shape index (κ1) is 52.7.